The summed E-state index contributed by atoms with van der Waals surface area (Å²) in [5, 5.41) is 0. The molecule has 0 spiro atoms. The minimum absolute atomic E-state index is 0.0649. The molecule has 1 fully saturated rings. The Morgan fingerprint density at radius 1 is 1.21 bits per heavy atom. The zero-order chi connectivity index (χ0) is 10.3. The molecule has 2 rings (SSSR count). The van der Waals surface area contributed by atoms with Gasteiger partial charge in [0.25, 0.3) is 0 Å². The first-order chi connectivity index (χ1) is 6.48. The first-order valence-electron chi connectivity index (χ1n) is 4.45. The summed E-state index contributed by atoms with van der Waals surface area (Å²) in [5.74, 6) is 0.0649. The van der Waals surface area contributed by atoms with Gasteiger partial charge >= 0.3 is 6.18 Å². The highest BCUT2D eigenvalue weighted by molar-refractivity contribution is 5.48. The molecule has 4 heteroatoms. The Hall–Kier alpha value is -1.19. The van der Waals surface area contributed by atoms with Crippen LogP contribution < -0.4 is 5.73 Å². The quantitative estimate of drug-likeness (QED) is 0.694. The molecular weight excluding hydrogens is 191 g/mol. The van der Waals surface area contributed by atoms with E-state index in [0.29, 0.717) is 11.3 Å². The zero-order valence-electron chi connectivity index (χ0n) is 7.43. The van der Waals surface area contributed by atoms with Crippen LogP contribution in [0.25, 0.3) is 0 Å². The van der Waals surface area contributed by atoms with Gasteiger partial charge in [-0.15, -0.1) is 0 Å². The van der Waals surface area contributed by atoms with Crippen molar-refractivity contribution in [3.63, 3.8) is 0 Å². The molecule has 0 atom stereocenters. The number of hydrogen-bond acceptors (Lipinski definition) is 1. The van der Waals surface area contributed by atoms with Crippen LogP contribution >= 0.6 is 0 Å². The molecule has 0 amide bonds. The van der Waals surface area contributed by atoms with E-state index in [0.717, 1.165) is 18.9 Å². The van der Waals surface area contributed by atoms with Crippen molar-refractivity contribution in [2.24, 2.45) is 0 Å². The summed E-state index contributed by atoms with van der Waals surface area (Å²) in [4.78, 5) is 0. The van der Waals surface area contributed by atoms with Crippen molar-refractivity contribution < 1.29 is 13.2 Å². The molecule has 1 aromatic carbocycles. The predicted octanol–water partition coefficient (Wildman–Crippen LogP) is 3.17. The summed E-state index contributed by atoms with van der Waals surface area (Å²) in [5.41, 5.74) is 5.70. The van der Waals surface area contributed by atoms with E-state index in [9.17, 15) is 13.2 Å². The third-order valence-electron chi connectivity index (χ3n) is 2.40. The van der Waals surface area contributed by atoms with Crippen molar-refractivity contribution >= 4 is 5.69 Å². The molecule has 0 bridgehead atoms. The number of anilines is 1. The highest BCUT2D eigenvalue weighted by Crippen LogP contribution is 2.46. The summed E-state index contributed by atoms with van der Waals surface area (Å²) >= 11 is 0. The van der Waals surface area contributed by atoms with Gasteiger partial charge in [0.15, 0.2) is 0 Å². The lowest BCUT2D eigenvalue weighted by Gasteiger charge is -2.12. The Labute approximate surface area is 79.7 Å². The maximum Gasteiger partial charge on any atom is 0.416 e. The van der Waals surface area contributed by atoms with Crippen molar-refractivity contribution in [2.45, 2.75) is 24.9 Å². The van der Waals surface area contributed by atoms with Crippen LogP contribution in [-0.4, -0.2) is 0 Å². The fourth-order valence-corrected chi connectivity index (χ4v) is 1.57. The maximum absolute atomic E-state index is 12.5. The van der Waals surface area contributed by atoms with Crippen LogP contribution in [0.1, 0.15) is 29.9 Å². The second-order valence-electron chi connectivity index (χ2n) is 3.62. The minimum Gasteiger partial charge on any atom is -0.399 e. The Balaban J connectivity index is 2.47. The van der Waals surface area contributed by atoms with E-state index in [2.05, 4.69) is 0 Å². The minimum atomic E-state index is -4.26. The Bertz CT molecular complexity index is 353. The highest BCUT2D eigenvalue weighted by Gasteiger charge is 2.37. The van der Waals surface area contributed by atoms with E-state index >= 15 is 0 Å². The summed E-state index contributed by atoms with van der Waals surface area (Å²) in [6, 6.07) is 3.82. The van der Waals surface area contributed by atoms with E-state index in [4.69, 9.17) is 5.73 Å². The molecule has 0 unspecified atom stereocenters. The second-order valence-corrected chi connectivity index (χ2v) is 3.62. The Kier molecular flexibility index (Phi) is 1.94. The molecule has 14 heavy (non-hydrogen) atoms. The fraction of sp³-hybridized carbons (Fsp3) is 0.400. The van der Waals surface area contributed by atoms with Crippen LogP contribution in [0.4, 0.5) is 18.9 Å². The van der Waals surface area contributed by atoms with E-state index in [-0.39, 0.29) is 5.92 Å². The molecule has 0 saturated heterocycles. The van der Waals surface area contributed by atoms with E-state index in [1.807, 2.05) is 0 Å². The molecule has 0 aromatic heterocycles. The van der Waals surface area contributed by atoms with Crippen LogP contribution in [0.3, 0.4) is 0 Å². The summed E-state index contributed by atoms with van der Waals surface area (Å²) in [7, 11) is 0. The molecule has 0 aliphatic heterocycles. The third-order valence-corrected chi connectivity index (χ3v) is 2.40. The molecule has 1 nitrogen and oxygen atoms in total. The molecule has 1 aliphatic rings. The van der Waals surface area contributed by atoms with Crippen LogP contribution in [0, 0.1) is 0 Å². The van der Waals surface area contributed by atoms with Crippen LogP contribution in [0.15, 0.2) is 18.2 Å². The summed E-state index contributed by atoms with van der Waals surface area (Å²) in [6.07, 6.45) is -2.58. The van der Waals surface area contributed by atoms with Gasteiger partial charge in [-0.1, -0.05) is 0 Å². The van der Waals surface area contributed by atoms with Crippen LogP contribution in [0.5, 0.6) is 0 Å². The largest absolute Gasteiger partial charge is 0.416 e. The predicted molar refractivity (Wildman–Crippen MR) is 47.8 cm³/mol. The lowest BCUT2D eigenvalue weighted by molar-refractivity contribution is -0.138. The van der Waals surface area contributed by atoms with Gasteiger partial charge in [-0.25, -0.2) is 0 Å². The number of hydrogen-bond donors (Lipinski definition) is 1. The van der Waals surface area contributed by atoms with E-state index in [1.54, 1.807) is 0 Å². The number of halogens is 3. The maximum atomic E-state index is 12.5. The lowest BCUT2D eigenvalue weighted by atomic mass is 10.0. The molecule has 76 valence electrons. The van der Waals surface area contributed by atoms with Crippen LogP contribution in [0.2, 0.25) is 0 Å². The average Bonchev–Trinajstić information content (AvgIpc) is 2.83. The smallest absolute Gasteiger partial charge is 0.399 e. The molecule has 0 radical (unpaired) electrons. The molecule has 0 heterocycles. The fourth-order valence-electron chi connectivity index (χ4n) is 1.57. The van der Waals surface area contributed by atoms with Gasteiger partial charge in [-0.05, 0) is 42.5 Å². The molecule has 2 N–H and O–H groups in total. The van der Waals surface area contributed by atoms with Gasteiger partial charge in [0, 0.05) is 5.69 Å². The monoisotopic (exact) mass is 201 g/mol. The van der Waals surface area contributed by atoms with Gasteiger partial charge < -0.3 is 5.73 Å². The summed E-state index contributed by atoms with van der Waals surface area (Å²) < 4.78 is 37.6. The standard InChI is InChI=1S/C10H10F3N/c11-10(12,13)9-4-3-7(14)5-8(9)6-1-2-6/h3-6H,1-2,14H2. The molecule has 1 aliphatic carbocycles. The van der Waals surface area contributed by atoms with Crippen molar-refractivity contribution in [1.29, 1.82) is 0 Å². The zero-order valence-corrected chi connectivity index (χ0v) is 7.43. The number of rotatable bonds is 1. The van der Waals surface area contributed by atoms with Gasteiger partial charge in [-0.3, -0.25) is 0 Å². The van der Waals surface area contributed by atoms with Gasteiger partial charge in [0.1, 0.15) is 0 Å². The first-order valence-corrected chi connectivity index (χ1v) is 4.45. The van der Waals surface area contributed by atoms with Gasteiger partial charge in [-0.2, -0.15) is 13.2 Å². The molecule has 1 saturated carbocycles. The Morgan fingerprint density at radius 3 is 2.36 bits per heavy atom. The highest BCUT2D eigenvalue weighted by atomic mass is 19.4. The first kappa shape index (κ1) is 9.37. The van der Waals surface area contributed by atoms with Crippen molar-refractivity contribution in [1.82, 2.24) is 0 Å². The van der Waals surface area contributed by atoms with Gasteiger partial charge in [0.05, 0.1) is 5.56 Å². The SMILES string of the molecule is Nc1ccc(C(F)(F)F)c(C2CC2)c1. The third kappa shape index (κ3) is 1.69. The Morgan fingerprint density at radius 2 is 1.86 bits per heavy atom. The normalized spacial score (nSPS) is 17.1. The number of nitrogen functional groups attached to an aromatic ring is 1. The summed E-state index contributed by atoms with van der Waals surface area (Å²) in [6.45, 7) is 0. The van der Waals surface area contributed by atoms with Crippen molar-refractivity contribution in [2.75, 3.05) is 5.73 Å². The van der Waals surface area contributed by atoms with Crippen molar-refractivity contribution in [3.05, 3.63) is 29.3 Å². The van der Waals surface area contributed by atoms with Gasteiger partial charge in [0.2, 0.25) is 0 Å². The number of nitrogens with two attached hydrogens (primary N) is 1. The topological polar surface area (TPSA) is 26.0 Å². The van der Waals surface area contributed by atoms with Crippen LogP contribution in [-0.2, 0) is 6.18 Å². The van der Waals surface area contributed by atoms with Crippen molar-refractivity contribution in [3.8, 4) is 0 Å². The van der Waals surface area contributed by atoms with E-state index in [1.165, 1.54) is 12.1 Å². The molecular formula is C10H10F3N. The van der Waals surface area contributed by atoms with E-state index < -0.39 is 11.7 Å². The molecule has 1 aromatic rings. The lowest BCUT2D eigenvalue weighted by Crippen LogP contribution is -2.09. The average molecular weight is 201 g/mol. The number of benzene rings is 1. The number of alkyl halides is 3. The second kappa shape index (κ2) is 2.90.